The van der Waals surface area contributed by atoms with Gasteiger partial charge in [0.1, 0.15) is 6.54 Å². The van der Waals surface area contributed by atoms with E-state index >= 15 is 0 Å². The van der Waals surface area contributed by atoms with Gasteiger partial charge in [-0.2, -0.15) is 4.98 Å². The van der Waals surface area contributed by atoms with Gasteiger partial charge < -0.3 is 9.42 Å². The maximum absolute atomic E-state index is 13.3. The van der Waals surface area contributed by atoms with E-state index in [2.05, 4.69) is 10.1 Å². The lowest BCUT2D eigenvalue weighted by Crippen LogP contribution is -2.44. The smallest absolute Gasteiger partial charge is 0.246 e. The van der Waals surface area contributed by atoms with Gasteiger partial charge >= 0.3 is 0 Å². The van der Waals surface area contributed by atoms with Crippen LogP contribution in [0.2, 0.25) is 5.02 Å². The molecule has 2 aromatic rings. The molecule has 2 aliphatic carbocycles. The highest BCUT2D eigenvalue weighted by molar-refractivity contribution is 6.30. The molecule has 2 fully saturated rings. The molecule has 0 spiro atoms. The Balaban J connectivity index is 1.51. The zero-order valence-electron chi connectivity index (χ0n) is 16.3. The SMILES string of the molecule is O=C(C1CCCCC1)N(Cc1nc(-c2ccc(Cl)cc2)no1)C1CCCCC1. The van der Waals surface area contributed by atoms with E-state index in [1.54, 1.807) is 0 Å². The number of hydrogen-bond acceptors (Lipinski definition) is 4. The number of amides is 1. The van der Waals surface area contributed by atoms with Crippen LogP contribution in [0.15, 0.2) is 28.8 Å². The molecule has 2 saturated carbocycles. The number of nitrogens with zero attached hydrogens (tertiary/aromatic N) is 3. The zero-order valence-corrected chi connectivity index (χ0v) is 17.0. The van der Waals surface area contributed by atoms with Crippen LogP contribution in [0.25, 0.3) is 11.4 Å². The first-order chi connectivity index (χ1) is 13.7. The average molecular weight is 402 g/mol. The Bertz CT molecular complexity index is 777. The van der Waals surface area contributed by atoms with Crippen LogP contribution in [0.5, 0.6) is 0 Å². The van der Waals surface area contributed by atoms with Crippen molar-refractivity contribution in [3.05, 3.63) is 35.2 Å². The van der Waals surface area contributed by atoms with Crippen molar-refractivity contribution in [1.29, 1.82) is 0 Å². The Labute approximate surface area is 171 Å². The Kier molecular flexibility index (Phi) is 6.30. The molecule has 4 rings (SSSR count). The number of rotatable bonds is 5. The molecule has 0 bridgehead atoms. The van der Waals surface area contributed by atoms with E-state index in [0.29, 0.717) is 29.3 Å². The summed E-state index contributed by atoms with van der Waals surface area (Å²) in [6, 6.07) is 7.68. The molecule has 0 saturated heterocycles. The van der Waals surface area contributed by atoms with Gasteiger partial charge in [-0.25, -0.2) is 0 Å². The minimum Gasteiger partial charge on any atom is -0.337 e. The van der Waals surface area contributed by atoms with Gasteiger partial charge in [0.2, 0.25) is 17.6 Å². The molecule has 1 heterocycles. The fraction of sp³-hybridized carbons (Fsp3) is 0.591. The minimum absolute atomic E-state index is 0.161. The molecular formula is C22H28ClN3O2. The zero-order chi connectivity index (χ0) is 19.3. The normalized spacial score (nSPS) is 18.9. The van der Waals surface area contributed by atoms with Crippen LogP contribution < -0.4 is 0 Å². The minimum atomic E-state index is 0.161. The van der Waals surface area contributed by atoms with Gasteiger partial charge in [0.15, 0.2) is 0 Å². The van der Waals surface area contributed by atoms with Crippen LogP contribution in [0, 0.1) is 5.92 Å². The standard InChI is InChI=1S/C22H28ClN3O2/c23-18-13-11-16(12-14-18)21-24-20(28-25-21)15-26(19-9-5-2-6-10-19)22(27)17-7-3-1-4-8-17/h11-14,17,19H,1-10,15H2. The molecule has 2 aliphatic rings. The Morgan fingerprint density at radius 2 is 1.64 bits per heavy atom. The molecule has 28 heavy (non-hydrogen) atoms. The van der Waals surface area contributed by atoms with Gasteiger partial charge in [-0.3, -0.25) is 4.79 Å². The first-order valence-corrected chi connectivity index (χ1v) is 11.0. The van der Waals surface area contributed by atoms with Gasteiger partial charge in [-0.15, -0.1) is 0 Å². The first kappa shape index (κ1) is 19.4. The summed E-state index contributed by atoms with van der Waals surface area (Å²) in [5.41, 5.74) is 0.863. The van der Waals surface area contributed by atoms with Crippen molar-refractivity contribution in [2.45, 2.75) is 76.8 Å². The summed E-state index contributed by atoms with van der Waals surface area (Å²) in [5.74, 6) is 1.51. The van der Waals surface area contributed by atoms with E-state index < -0.39 is 0 Å². The Morgan fingerprint density at radius 3 is 2.32 bits per heavy atom. The first-order valence-electron chi connectivity index (χ1n) is 10.6. The lowest BCUT2D eigenvalue weighted by Gasteiger charge is -2.36. The number of halogens is 1. The maximum Gasteiger partial charge on any atom is 0.246 e. The molecule has 6 heteroatoms. The largest absolute Gasteiger partial charge is 0.337 e. The van der Waals surface area contributed by atoms with Gasteiger partial charge in [0.25, 0.3) is 0 Å². The number of benzene rings is 1. The summed E-state index contributed by atoms with van der Waals surface area (Å²) in [5, 5.41) is 4.79. The van der Waals surface area contributed by atoms with Gasteiger partial charge in [-0.1, -0.05) is 55.3 Å². The van der Waals surface area contributed by atoms with Crippen molar-refractivity contribution >= 4 is 17.5 Å². The molecular weight excluding hydrogens is 374 g/mol. The van der Waals surface area contributed by atoms with Crippen LogP contribution >= 0.6 is 11.6 Å². The third-order valence-corrected chi connectivity index (χ3v) is 6.38. The van der Waals surface area contributed by atoms with E-state index in [4.69, 9.17) is 16.1 Å². The second-order valence-corrected chi connectivity index (χ2v) is 8.55. The second-order valence-electron chi connectivity index (χ2n) is 8.11. The topological polar surface area (TPSA) is 59.2 Å². The quantitative estimate of drug-likeness (QED) is 0.651. The summed E-state index contributed by atoms with van der Waals surface area (Å²) in [6.07, 6.45) is 11.4. The molecule has 0 atom stereocenters. The molecule has 0 N–H and O–H groups in total. The van der Waals surface area contributed by atoms with Crippen molar-refractivity contribution in [2.24, 2.45) is 5.92 Å². The summed E-state index contributed by atoms with van der Waals surface area (Å²) in [6.45, 7) is 0.417. The molecule has 150 valence electrons. The van der Waals surface area contributed by atoms with E-state index in [9.17, 15) is 4.79 Å². The highest BCUT2D eigenvalue weighted by Crippen LogP contribution is 2.30. The van der Waals surface area contributed by atoms with Crippen LogP contribution in [0.4, 0.5) is 0 Å². The molecule has 1 aromatic carbocycles. The lowest BCUT2D eigenvalue weighted by atomic mass is 9.86. The van der Waals surface area contributed by atoms with E-state index in [0.717, 1.165) is 44.1 Å². The molecule has 5 nitrogen and oxygen atoms in total. The molecule has 1 amide bonds. The third-order valence-electron chi connectivity index (χ3n) is 6.13. The van der Waals surface area contributed by atoms with Gasteiger partial charge in [0, 0.05) is 22.5 Å². The Hall–Kier alpha value is -1.88. The number of hydrogen-bond donors (Lipinski definition) is 0. The van der Waals surface area contributed by atoms with Crippen LogP contribution in [0.3, 0.4) is 0 Å². The van der Waals surface area contributed by atoms with E-state index in [1.165, 1.54) is 25.7 Å². The molecule has 0 radical (unpaired) electrons. The van der Waals surface area contributed by atoms with Crippen molar-refractivity contribution in [3.8, 4) is 11.4 Å². The average Bonchev–Trinajstić information content (AvgIpc) is 3.22. The van der Waals surface area contributed by atoms with Crippen molar-refractivity contribution in [1.82, 2.24) is 15.0 Å². The van der Waals surface area contributed by atoms with Gasteiger partial charge in [0.05, 0.1) is 0 Å². The second kappa shape index (κ2) is 9.08. The molecule has 0 unspecified atom stereocenters. The van der Waals surface area contributed by atoms with Crippen molar-refractivity contribution in [2.75, 3.05) is 0 Å². The predicted molar refractivity (Wildman–Crippen MR) is 109 cm³/mol. The van der Waals surface area contributed by atoms with Crippen LogP contribution in [0.1, 0.15) is 70.1 Å². The fourth-order valence-electron chi connectivity index (χ4n) is 4.54. The maximum atomic E-state index is 13.3. The van der Waals surface area contributed by atoms with Crippen LogP contribution in [-0.4, -0.2) is 27.0 Å². The van der Waals surface area contributed by atoms with E-state index in [1.807, 2.05) is 29.2 Å². The van der Waals surface area contributed by atoms with Gasteiger partial charge in [-0.05, 0) is 49.9 Å². The Morgan fingerprint density at radius 1 is 1.00 bits per heavy atom. The predicted octanol–water partition coefficient (Wildman–Crippen LogP) is 5.63. The summed E-state index contributed by atoms with van der Waals surface area (Å²) in [4.78, 5) is 19.9. The fourth-order valence-corrected chi connectivity index (χ4v) is 4.67. The summed E-state index contributed by atoms with van der Waals surface area (Å²) < 4.78 is 5.52. The summed E-state index contributed by atoms with van der Waals surface area (Å²) in [7, 11) is 0. The lowest BCUT2D eigenvalue weighted by molar-refractivity contribution is -0.141. The number of aromatic nitrogens is 2. The van der Waals surface area contributed by atoms with Crippen molar-refractivity contribution < 1.29 is 9.32 Å². The molecule has 0 aliphatic heterocycles. The van der Waals surface area contributed by atoms with Crippen molar-refractivity contribution in [3.63, 3.8) is 0 Å². The number of carbonyl (C=O) groups excluding carboxylic acids is 1. The highest BCUT2D eigenvalue weighted by atomic mass is 35.5. The highest BCUT2D eigenvalue weighted by Gasteiger charge is 2.32. The molecule has 1 aromatic heterocycles. The van der Waals surface area contributed by atoms with E-state index in [-0.39, 0.29) is 11.8 Å². The van der Waals surface area contributed by atoms with Crippen LogP contribution in [-0.2, 0) is 11.3 Å². The monoisotopic (exact) mass is 401 g/mol. The number of carbonyl (C=O) groups is 1. The third kappa shape index (κ3) is 4.57. The summed E-state index contributed by atoms with van der Waals surface area (Å²) >= 11 is 5.96.